The predicted octanol–water partition coefficient (Wildman–Crippen LogP) is 1.47. The lowest BCUT2D eigenvalue weighted by Gasteiger charge is -2.07. The molecule has 1 unspecified atom stereocenters. The van der Waals surface area contributed by atoms with Gasteiger partial charge in [-0.2, -0.15) is 24.9 Å². The van der Waals surface area contributed by atoms with E-state index in [1.165, 1.54) is 0 Å². The summed E-state index contributed by atoms with van der Waals surface area (Å²) in [6.45, 7) is 0. The number of carboxylic acids is 1. The molecule has 7 heteroatoms. The minimum absolute atomic E-state index is 0.0458. The minimum atomic E-state index is -4.14. The van der Waals surface area contributed by atoms with Gasteiger partial charge in [-0.1, -0.05) is 0 Å². The summed E-state index contributed by atoms with van der Waals surface area (Å²) in [4.78, 5) is 10.2. The Bertz CT molecular complexity index is 186. The van der Waals surface area contributed by atoms with E-state index in [0.717, 1.165) is 11.8 Å². The zero-order chi connectivity index (χ0) is 11.2. The molecule has 0 bridgehead atoms. The molecule has 0 heterocycles. The molecule has 0 radical (unpaired) electrons. The average Bonchev–Trinajstić information content (AvgIpc) is 2.01. The molecule has 0 aromatic carbocycles. The first-order valence-electron chi connectivity index (χ1n) is 3.96. The molecule has 0 fully saturated rings. The van der Waals surface area contributed by atoms with E-state index in [0.29, 0.717) is 5.75 Å². The van der Waals surface area contributed by atoms with E-state index in [9.17, 15) is 18.0 Å². The molecule has 0 aromatic rings. The lowest BCUT2D eigenvalue weighted by atomic mass is 10.2. The minimum Gasteiger partial charge on any atom is -0.480 e. The molecular weight excluding hydrogens is 219 g/mol. The number of thioether (sulfide) groups is 1. The van der Waals surface area contributed by atoms with Crippen molar-refractivity contribution in [2.45, 2.75) is 25.1 Å². The van der Waals surface area contributed by atoms with Gasteiger partial charge >= 0.3 is 12.1 Å². The Labute approximate surface area is 83.8 Å². The first kappa shape index (κ1) is 13.6. The van der Waals surface area contributed by atoms with Gasteiger partial charge in [0.05, 0.1) is 6.42 Å². The average molecular weight is 231 g/mol. The highest BCUT2D eigenvalue weighted by atomic mass is 32.2. The van der Waals surface area contributed by atoms with Gasteiger partial charge < -0.3 is 10.8 Å². The van der Waals surface area contributed by atoms with E-state index in [-0.39, 0.29) is 12.2 Å². The van der Waals surface area contributed by atoms with Crippen LogP contribution < -0.4 is 5.73 Å². The van der Waals surface area contributed by atoms with Crippen molar-refractivity contribution in [3.63, 3.8) is 0 Å². The number of carbonyl (C=O) groups is 1. The van der Waals surface area contributed by atoms with Crippen molar-refractivity contribution in [3.8, 4) is 0 Å². The molecule has 0 aliphatic rings. The van der Waals surface area contributed by atoms with Crippen LogP contribution in [0.4, 0.5) is 13.2 Å². The normalized spacial score (nSPS) is 14.0. The maximum atomic E-state index is 11.6. The second-order valence-corrected chi connectivity index (χ2v) is 3.94. The van der Waals surface area contributed by atoms with Crippen LogP contribution >= 0.6 is 11.8 Å². The maximum Gasteiger partial charge on any atom is 0.389 e. The Kier molecular flexibility index (Phi) is 5.94. The molecule has 3 nitrogen and oxygen atoms in total. The third-order valence-electron chi connectivity index (χ3n) is 1.42. The molecular formula is C7H12F3NO2S. The van der Waals surface area contributed by atoms with E-state index in [1.54, 1.807) is 0 Å². The standard InChI is InChI=1S/C7H12F3NO2S/c8-7(9,10)2-4-14-3-1-5(11)6(12)13/h5H,1-4,11H2,(H,12,13). The van der Waals surface area contributed by atoms with Gasteiger partial charge in [0.2, 0.25) is 0 Å². The van der Waals surface area contributed by atoms with Crippen molar-refractivity contribution in [1.82, 2.24) is 0 Å². The third kappa shape index (κ3) is 8.18. The fourth-order valence-corrected chi connectivity index (χ4v) is 1.62. The summed E-state index contributed by atoms with van der Waals surface area (Å²) in [6.07, 6.45) is -4.79. The third-order valence-corrected chi connectivity index (χ3v) is 2.44. The Morgan fingerprint density at radius 1 is 1.43 bits per heavy atom. The molecule has 0 aromatic heterocycles. The van der Waals surface area contributed by atoms with Crippen LogP contribution in [0.25, 0.3) is 0 Å². The van der Waals surface area contributed by atoms with E-state index in [1.807, 2.05) is 0 Å². The molecule has 0 spiro atoms. The molecule has 0 rings (SSSR count). The predicted molar refractivity (Wildman–Crippen MR) is 48.2 cm³/mol. The van der Waals surface area contributed by atoms with Gasteiger partial charge in [-0.3, -0.25) is 4.79 Å². The number of hydrogen-bond donors (Lipinski definition) is 2. The fraction of sp³-hybridized carbons (Fsp3) is 0.857. The largest absolute Gasteiger partial charge is 0.480 e. The van der Waals surface area contributed by atoms with Crippen LogP contribution in [0.1, 0.15) is 12.8 Å². The molecule has 0 aliphatic carbocycles. The summed E-state index contributed by atoms with van der Waals surface area (Å²) < 4.78 is 34.9. The Morgan fingerprint density at radius 3 is 2.43 bits per heavy atom. The first-order valence-corrected chi connectivity index (χ1v) is 5.11. The molecule has 0 saturated carbocycles. The smallest absolute Gasteiger partial charge is 0.389 e. The van der Waals surface area contributed by atoms with Gasteiger partial charge in [0.1, 0.15) is 6.04 Å². The number of hydrogen-bond acceptors (Lipinski definition) is 3. The van der Waals surface area contributed by atoms with E-state index in [4.69, 9.17) is 10.8 Å². The van der Waals surface area contributed by atoms with Gasteiger partial charge in [0, 0.05) is 5.75 Å². The van der Waals surface area contributed by atoms with Crippen LogP contribution in [0, 0.1) is 0 Å². The Balaban J connectivity index is 3.35. The zero-order valence-corrected chi connectivity index (χ0v) is 8.20. The van der Waals surface area contributed by atoms with Crippen molar-refractivity contribution < 1.29 is 23.1 Å². The lowest BCUT2D eigenvalue weighted by Crippen LogP contribution is -2.30. The maximum absolute atomic E-state index is 11.6. The topological polar surface area (TPSA) is 63.3 Å². The van der Waals surface area contributed by atoms with E-state index in [2.05, 4.69) is 0 Å². The summed E-state index contributed by atoms with van der Waals surface area (Å²) >= 11 is 1.06. The number of halogens is 3. The Hall–Kier alpha value is -0.430. The summed E-state index contributed by atoms with van der Waals surface area (Å²) in [5.41, 5.74) is 5.15. The van der Waals surface area contributed by atoms with Gasteiger partial charge in [-0.05, 0) is 12.2 Å². The SMILES string of the molecule is NC(CCSCCC(F)(F)F)C(=O)O. The Morgan fingerprint density at radius 2 is 2.00 bits per heavy atom. The van der Waals surface area contributed by atoms with Crippen LogP contribution in [-0.4, -0.2) is 34.8 Å². The molecule has 84 valence electrons. The zero-order valence-electron chi connectivity index (χ0n) is 7.38. The van der Waals surface area contributed by atoms with Crippen molar-refractivity contribution in [3.05, 3.63) is 0 Å². The lowest BCUT2D eigenvalue weighted by molar-refractivity contribution is -0.138. The summed E-state index contributed by atoms with van der Waals surface area (Å²) in [5.74, 6) is -0.833. The van der Waals surface area contributed by atoms with Crippen molar-refractivity contribution in [1.29, 1.82) is 0 Å². The highest BCUT2D eigenvalue weighted by Crippen LogP contribution is 2.22. The molecule has 1 atom stereocenters. The first-order chi connectivity index (χ1) is 6.33. The highest BCUT2D eigenvalue weighted by Gasteiger charge is 2.26. The molecule has 3 N–H and O–H groups in total. The van der Waals surface area contributed by atoms with Crippen molar-refractivity contribution in [2.75, 3.05) is 11.5 Å². The van der Waals surface area contributed by atoms with Crippen molar-refractivity contribution in [2.24, 2.45) is 5.73 Å². The second kappa shape index (κ2) is 6.13. The number of alkyl halides is 3. The summed E-state index contributed by atoms with van der Waals surface area (Å²) in [6, 6.07) is -0.978. The summed E-state index contributed by atoms with van der Waals surface area (Å²) in [7, 11) is 0. The van der Waals surface area contributed by atoms with Crippen LogP contribution in [0.5, 0.6) is 0 Å². The number of carboxylic acid groups (broad SMARTS) is 1. The number of rotatable bonds is 6. The molecule has 14 heavy (non-hydrogen) atoms. The fourth-order valence-electron chi connectivity index (χ4n) is 0.624. The van der Waals surface area contributed by atoms with Crippen LogP contribution in [0.15, 0.2) is 0 Å². The highest BCUT2D eigenvalue weighted by molar-refractivity contribution is 7.99. The van der Waals surface area contributed by atoms with E-state index < -0.39 is 24.6 Å². The van der Waals surface area contributed by atoms with E-state index >= 15 is 0 Å². The van der Waals surface area contributed by atoms with Gasteiger partial charge in [0.15, 0.2) is 0 Å². The second-order valence-electron chi connectivity index (χ2n) is 2.71. The quantitative estimate of drug-likeness (QED) is 0.679. The molecule has 0 aliphatic heterocycles. The van der Waals surface area contributed by atoms with Crippen LogP contribution in [0.3, 0.4) is 0 Å². The van der Waals surface area contributed by atoms with Crippen molar-refractivity contribution >= 4 is 17.7 Å². The van der Waals surface area contributed by atoms with Crippen LogP contribution in [-0.2, 0) is 4.79 Å². The van der Waals surface area contributed by atoms with Gasteiger partial charge in [-0.15, -0.1) is 0 Å². The number of nitrogens with two attached hydrogens (primary N) is 1. The van der Waals surface area contributed by atoms with Gasteiger partial charge in [0.25, 0.3) is 0 Å². The van der Waals surface area contributed by atoms with Crippen LogP contribution in [0.2, 0.25) is 0 Å². The molecule has 0 saturated heterocycles. The summed E-state index contributed by atoms with van der Waals surface area (Å²) in [5, 5.41) is 8.35. The van der Waals surface area contributed by atoms with Gasteiger partial charge in [-0.25, -0.2) is 0 Å². The number of aliphatic carboxylic acids is 1. The molecule has 0 amide bonds. The monoisotopic (exact) mass is 231 g/mol.